The Hall–Kier alpha value is -1.44. The first-order chi connectivity index (χ1) is 9.47. The van der Waals surface area contributed by atoms with E-state index in [1.807, 2.05) is 0 Å². The van der Waals surface area contributed by atoms with Crippen molar-refractivity contribution < 1.29 is 27.8 Å². The molecule has 0 aliphatic rings. The van der Waals surface area contributed by atoms with Gasteiger partial charge in [-0.15, -0.1) is 0 Å². The van der Waals surface area contributed by atoms with E-state index in [1.165, 1.54) is 24.3 Å². The number of sulfone groups is 1. The normalized spacial score (nSPS) is 11.4. The van der Waals surface area contributed by atoms with Gasteiger partial charge < -0.3 is 14.6 Å². The number of carboxylic acid groups (broad SMARTS) is 1. The van der Waals surface area contributed by atoms with Gasteiger partial charge >= 0.3 is 5.97 Å². The molecule has 0 aromatic heterocycles. The topological polar surface area (TPSA) is 89.9 Å². The van der Waals surface area contributed by atoms with Crippen LogP contribution in [0.2, 0.25) is 0 Å². The lowest BCUT2D eigenvalue weighted by atomic mass is 10.2. The summed E-state index contributed by atoms with van der Waals surface area (Å²) in [5, 5.41) is 8.74. The molecule has 20 heavy (non-hydrogen) atoms. The van der Waals surface area contributed by atoms with Crippen molar-refractivity contribution in [1.29, 1.82) is 0 Å². The lowest BCUT2D eigenvalue weighted by Gasteiger charge is -2.06. The largest absolute Gasteiger partial charge is 0.478 e. The maximum Gasteiger partial charge on any atom is 0.335 e. The van der Waals surface area contributed by atoms with Gasteiger partial charge in [-0.05, 0) is 30.7 Å². The Morgan fingerprint density at radius 3 is 2.35 bits per heavy atom. The smallest absolute Gasteiger partial charge is 0.335 e. The Morgan fingerprint density at radius 1 is 1.15 bits per heavy atom. The van der Waals surface area contributed by atoms with Crippen LogP contribution in [-0.2, 0) is 19.3 Å². The molecular formula is C13H18O6S. The molecule has 6 nitrogen and oxygen atoms in total. The summed E-state index contributed by atoms with van der Waals surface area (Å²) in [4.78, 5) is 10.8. The van der Waals surface area contributed by atoms with Crippen molar-refractivity contribution >= 4 is 15.8 Å². The molecule has 0 saturated heterocycles. The quantitative estimate of drug-likeness (QED) is 0.690. The van der Waals surface area contributed by atoms with Gasteiger partial charge in [-0.3, -0.25) is 0 Å². The summed E-state index contributed by atoms with van der Waals surface area (Å²) in [6, 6.07) is 5.14. The number of benzene rings is 1. The van der Waals surface area contributed by atoms with Gasteiger partial charge in [-0.1, -0.05) is 0 Å². The van der Waals surface area contributed by atoms with Gasteiger partial charge in [0, 0.05) is 20.3 Å². The van der Waals surface area contributed by atoms with Crippen LogP contribution >= 0.6 is 0 Å². The van der Waals surface area contributed by atoms with Crippen LogP contribution in [0.15, 0.2) is 29.2 Å². The van der Waals surface area contributed by atoms with Crippen LogP contribution in [-0.4, -0.2) is 52.2 Å². The van der Waals surface area contributed by atoms with Crippen LogP contribution in [0.25, 0.3) is 0 Å². The number of hydrogen-bond acceptors (Lipinski definition) is 5. The van der Waals surface area contributed by atoms with Crippen molar-refractivity contribution in [3.8, 4) is 0 Å². The summed E-state index contributed by atoms with van der Waals surface area (Å²) in [6.07, 6.45) is 0.712. The zero-order valence-corrected chi connectivity index (χ0v) is 12.1. The zero-order chi connectivity index (χ0) is 15.0. The van der Waals surface area contributed by atoms with E-state index in [2.05, 4.69) is 0 Å². The average Bonchev–Trinajstić information content (AvgIpc) is 2.43. The van der Waals surface area contributed by atoms with Gasteiger partial charge in [0.15, 0.2) is 9.84 Å². The molecule has 112 valence electrons. The molecule has 1 N–H and O–H groups in total. The molecule has 0 spiro atoms. The van der Waals surface area contributed by atoms with Crippen molar-refractivity contribution in [3.05, 3.63) is 29.8 Å². The number of carbonyl (C=O) groups is 1. The number of methoxy groups -OCH3 is 1. The molecule has 0 aliphatic heterocycles. The van der Waals surface area contributed by atoms with Gasteiger partial charge in [0.1, 0.15) is 0 Å². The fourth-order valence-electron chi connectivity index (χ4n) is 1.50. The first-order valence-corrected chi connectivity index (χ1v) is 7.75. The van der Waals surface area contributed by atoms with Crippen molar-refractivity contribution in [1.82, 2.24) is 0 Å². The minimum Gasteiger partial charge on any atom is -0.478 e. The minimum atomic E-state index is -3.44. The van der Waals surface area contributed by atoms with Gasteiger partial charge in [0.05, 0.1) is 22.8 Å². The maximum atomic E-state index is 12.0. The third-order valence-corrected chi connectivity index (χ3v) is 4.29. The Morgan fingerprint density at radius 2 is 1.80 bits per heavy atom. The second kappa shape index (κ2) is 7.98. The lowest BCUT2D eigenvalue weighted by Crippen LogP contribution is -2.13. The molecule has 0 fully saturated rings. The third-order valence-electron chi connectivity index (χ3n) is 2.59. The van der Waals surface area contributed by atoms with Crippen molar-refractivity contribution in [2.75, 3.05) is 32.7 Å². The van der Waals surface area contributed by atoms with Gasteiger partial charge in [-0.2, -0.15) is 0 Å². The monoisotopic (exact) mass is 302 g/mol. The zero-order valence-electron chi connectivity index (χ0n) is 11.2. The van der Waals surface area contributed by atoms with E-state index in [9.17, 15) is 13.2 Å². The standard InChI is InChI=1S/C13H18O6S/c1-18-7-2-8-19-9-10-20(16,17)12-5-3-11(4-6-12)13(14)15/h3-6H,2,7-10H2,1H3,(H,14,15). The molecule has 1 rings (SSSR count). The summed E-state index contributed by atoms with van der Waals surface area (Å²) >= 11 is 0. The van der Waals surface area contributed by atoms with Crippen LogP contribution in [0.3, 0.4) is 0 Å². The van der Waals surface area contributed by atoms with Crippen molar-refractivity contribution in [2.45, 2.75) is 11.3 Å². The second-order valence-corrected chi connectivity index (χ2v) is 6.22. The molecule has 0 saturated carbocycles. The van der Waals surface area contributed by atoms with E-state index < -0.39 is 15.8 Å². The number of hydrogen-bond donors (Lipinski definition) is 1. The molecule has 0 radical (unpaired) electrons. The highest BCUT2D eigenvalue weighted by Gasteiger charge is 2.14. The molecule has 0 unspecified atom stereocenters. The minimum absolute atomic E-state index is 0.0553. The summed E-state index contributed by atoms with van der Waals surface area (Å²) in [6.45, 7) is 1.12. The van der Waals surface area contributed by atoms with Crippen LogP contribution in [0.1, 0.15) is 16.8 Å². The number of ether oxygens (including phenoxy) is 2. The summed E-state index contributed by atoms with van der Waals surface area (Å²) in [7, 11) is -1.86. The van der Waals surface area contributed by atoms with Gasteiger partial charge in [0.2, 0.25) is 0 Å². The molecule has 0 amide bonds. The van der Waals surface area contributed by atoms with Gasteiger partial charge in [0.25, 0.3) is 0 Å². The van der Waals surface area contributed by atoms with Crippen molar-refractivity contribution in [3.63, 3.8) is 0 Å². The average molecular weight is 302 g/mol. The molecule has 0 atom stereocenters. The van der Waals surface area contributed by atoms with E-state index in [-0.39, 0.29) is 22.8 Å². The Balaban J connectivity index is 2.49. The summed E-state index contributed by atoms with van der Waals surface area (Å²) < 4.78 is 33.9. The molecule has 1 aromatic rings. The number of carboxylic acids is 1. The predicted molar refractivity (Wildman–Crippen MR) is 72.8 cm³/mol. The SMILES string of the molecule is COCCCOCCS(=O)(=O)c1ccc(C(=O)O)cc1. The molecule has 1 aromatic carbocycles. The Labute approximate surface area is 118 Å². The van der Waals surface area contributed by atoms with E-state index in [4.69, 9.17) is 14.6 Å². The number of rotatable bonds is 9. The van der Waals surface area contributed by atoms with E-state index in [0.29, 0.717) is 19.6 Å². The van der Waals surface area contributed by atoms with E-state index in [1.54, 1.807) is 7.11 Å². The fraction of sp³-hybridized carbons (Fsp3) is 0.462. The summed E-state index contributed by atoms with van der Waals surface area (Å²) in [5.74, 6) is -1.22. The lowest BCUT2D eigenvalue weighted by molar-refractivity contribution is 0.0696. The predicted octanol–water partition coefficient (Wildman–Crippen LogP) is 1.21. The second-order valence-electron chi connectivity index (χ2n) is 4.11. The van der Waals surface area contributed by atoms with E-state index in [0.717, 1.165) is 0 Å². The Bertz CT molecular complexity index is 520. The third kappa shape index (κ3) is 5.28. The molecule has 0 heterocycles. The van der Waals surface area contributed by atoms with Crippen LogP contribution < -0.4 is 0 Å². The van der Waals surface area contributed by atoms with Crippen molar-refractivity contribution in [2.24, 2.45) is 0 Å². The highest BCUT2D eigenvalue weighted by atomic mass is 32.2. The molecular weight excluding hydrogens is 284 g/mol. The first-order valence-electron chi connectivity index (χ1n) is 6.10. The molecule has 0 bridgehead atoms. The number of aromatic carboxylic acids is 1. The van der Waals surface area contributed by atoms with E-state index >= 15 is 0 Å². The van der Waals surface area contributed by atoms with Crippen LogP contribution in [0, 0.1) is 0 Å². The Kier molecular flexibility index (Phi) is 6.63. The highest BCUT2D eigenvalue weighted by molar-refractivity contribution is 7.91. The summed E-state index contributed by atoms with van der Waals surface area (Å²) in [5.41, 5.74) is 0.0553. The maximum absolute atomic E-state index is 12.0. The first kappa shape index (κ1) is 16.6. The highest BCUT2D eigenvalue weighted by Crippen LogP contribution is 2.12. The molecule has 0 aliphatic carbocycles. The van der Waals surface area contributed by atoms with Crippen LogP contribution in [0.5, 0.6) is 0 Å². The molecule has 7 heteroatoms. The fourth-order valence-corrected chi connectivity index (χ4v) is 2.62. The van der Waals surface area contributed by atoms with Gasteiger partial charge in [-0.25, -0.2) is 13.2 Å². The van der Waals surface area contributed by atoms with Crippen LogP contribution in [0.4, 0.5) is 0 Å².